The first kappa shape index (κ1) is 12.8. The Bertz CT molecular complexity index is 467. The number of furan rings is 1. The van der Waals surface area contributed by atoms with Gasteiger partial charge in [0.25, 0.3) is 0 Å². The van der Waals surface area contributed by atoms with E-state index >= 15 is 0 Å². The van der Waals surface area contributed by atoms with Crippen molar-refractivity contribution in [2.45, 2.75) is 32.3 Å². The molecule has 0 bridgehead atoms. The third-order valence-electron chi connectivity index (χ3n) is 3.20. The standard InChI is InChI=1S/C13H17NO4/c1-8-3-4-11(18-8)13(2,17)7-14-12(16)9-5-10(15)6-9/h3-4,9,17H,5-7H2,1-2H3,(H,14,16). The molecule has 5 nitrogen and oxygen atoms in total. The summed E-state index contributed by atoms with van der Waals surface area (Å²) in [6, 6.07) is 3.45. The number of ketones is 1. The Morgan fingerprint density at radius 3 is 2.72 bits per heavy atom. The maximum absolute atomic E-state index is 11.6. The van der Waals surface area contributed by atoms with Crippen LogP contribution >= 0.6 is 0 Å². The van der Waals surface area contributed by atoms with Crippen LogP contribution in [-0.2, 0) is 15.2 Å². The summed E-state index contributed by atoms with van der Waals surface area (Å²) in [5.74, 6) is 0.833. The third-order valence-corrected chi connectivity index (χ3v) is 3.20. The number of amides is 1. The summed E-state index contributed by atoms with van der Waals surface area (Å²) in [5.41, 5.74) is -1.24. The van der Waals surface area contributed by atoms with Crippen molar-refractivity contribution in [2.75, 3.05) is 6.54 Å². The molecular formula is C13H17NO4. The lowest BCUT2D eigenvalue weighted by molar-refractivity contribution is -0.138. The Balaban J connectivity index is 1.89. The Morgan fingerprint density at radius 1 is 1.56 bits per heavy atom. The second kappa shape index (κ2) is 4.57. The summed E-state index contributed by atoms with van der Waals surface area (Å²) in [5, 5.41) is 12.8. The first-order chi connectivity index (χ1) is 8.38. The lowest BCUT2D eigenvalue weighted by Gasteiger charge is -2.26. The quantitative estimate of drug-likeness (QED) is 0.833. The van der Waals surface area contributed by atoms with Crippen molar-refractivity contribution >= 4 is 11.7 Å². The number of aryl methyl sites for hydroxylation is 1. The molecule has 98 valence electrons. The van der Waals surface area contributed by atoms with Crippen LogP contribution in [0, 0.1) is 12.8 Å². The molecule has 2 rings (SSSR count). The summed E-state index contributed by atoms with van der Waals surface area (Å²) in [4.78, 5) is 22.4. The molecule has 0 radical (unpaired) electrons. The second-order valence-electron chi connectivity index (χ2n) is 5.05. The number of carbonyl (C=O) groups excluding carboxylic acids is 2. The molecule has 0 saturated heterocycles. The molecule has 0 spiro atoms. The molecule has 18 heavy (non-hydrogen) atoms. The Morgan fingerprint density at radius 2 is 2.22 bits per heavy atom. The maximum Gasteiger partial charge on any atom is 0.224 e. The van der Waals surface area contributed by atoms with Gasteiger partial charge in [-0.2, -0.15) is 0 Å². The van der Waals surface area contributed by atoms with Gasteiger partial charge in [0.05, 0.1) is 12.5 Å². The first-order valence-corrected chi connectivity index (χ1v) is 5.97. The van der Waals surface area contributed by atoms with Crippen molar-refractivity contribution in [1.82, 2.24) is 5.32 Å². The summed E-state index contributed by atoms with van der Waals surface area (Å²) in [7, 11) is 0. The van der Waals surface area contributed by atoms with Crippen molar-refractivity contribution in [2.24, 2.45) is 5.92 Å². The highest BCUT2D eigenvalue weighted by molar-refractivity contribution is 5.96. The molecule has 1 aromatic heterocycles. The highest BCUT2D eigenvalue weighted by Gasteiger charge is 2.34. The van der Waals surface area contributed by atoms with E-state index < -0.39 is 5.60 Å². The highest BCUT2D eigenvalue weighted by atomic mass is 16.4. The molecule has 1 aromatic rings. The van der Waals surface area contributed by atoms with Gasteiger partial charge in [-0.15, -0.1) is 0 Å². The van der Waals surface area contributed by atoms with Crippen molar-refractivity contribution < 1.29 is 19.1 Å². The minimum absolute atomic E-state index is 0.0729. The largest absolute Gasteiger partial charge is 0.463 e. The van der Waals surface area contributed by atoms with Crippen molar-refractivity contribution in [1.29, 1.82) is 0 Å². The molecule has 0 aromatic carbocycles. The van der Waals surface area contributed by atoms with Gasteiger partial charge in [-0.3, -0.25) is 9.59 Å². The van der Waals surface area contributed by atoms with Gasteiger partial charge in [-0.25, -0.2) is 0 Å². The third kappa shape index (κ3) is 2.61. The molecular weight excluding hydrogens is 234 g/mol. The zero-order valence-electron chi connectivity index (χ0n) is 10.5. The van der Waals surface area contributed by atoms with Crippen LogP contribution < -0.4 is 5.32 Å². The molecule has 1 unspecified atom stereocenters. The molecule has 1 aliphatic carbocycles. The molecule has 1 atom stereocenters. The zero-order valence-corrected chi connectivity index (χ0v) is 10.5. The lowest BCUT2D eigenvalue weighted by Crippen LogP contribution is -2.44. The van der Waals surface area contributed by atoms with Gasteiger partial charge >= 0.3 is 0 Å². The van der Waals surface area contributed by atoms with Crippen molar-refractivity contribution in [3.63, 3.8) is 0 Å². The van der Waals surface area contributed by atoms with Gasteiger partial charge < -0.3 is 14.8 Å². The van der Waals surface area contributed by atoms with Crippen LogP contribution in [0.5, 0.6) is 0 Å². The molecule has 2 N–H and O–H groups in total. The van der Waals surface area contributed by atoms with E-state index in [1.54, 1.807) is 26.0 Å². The minimum Gasteiger partial charge on any atom is -0.463 e. The van der Waals surface area contributed by atoms with E-state index in [1.165, 1.54) is 0 Å². The summed E-state index contributed by atoms with van der Waals surface area (Å²) in [6.45, 7) is 3.44. The zero-order chi connectivity index (χ0) is 13.3. The van der Waals surface area contributed by atoms with Gasteiger partial charge in [-0.1, -0.05) is 0 Å². The fraction of sp³-hybridized carbons (Fsp3) is 0.538. The lowest BCUT2D eigenvalue weighted by atomic mass is 9.83. The van der Waals surface area contributed by atoms with E-state index in [4.69, 9.17) is 4.42 Å². The number of aliphatic hydroxyl groups is 1. The van der Waals surface area contributed by atoms with Crippen LogP contribution in [0.15, 0.2) is 16.5 Å². The fourth-order valence-electron chi connectivity index (χ4n) is 1.89. The molecule has 0 aliphatic heterocycles. The van der Waals surface area contributed by atoms with E-state index in [-0.39, 0.29) is 24.2 Å². The van der Waals surface area contributed by atoms with Crippen LogP contribution in [0.3, 0.4) is 0 Å². The van der Waals surface area contributed by atoms with Gasteiger partial charge in [0.2, 0.25) is 5.91 Å². The Kier molecular flexibility index (Phi) is 3.26. The van der Waals surface area contributed by atoms with E-state index in [1.807, 2.05) is 0 Å². The van der Waals surface area contributed by atoms with Gasteiger partial charge in [-0.05, 0) is 26.0 Å². The number of nitrogens with one attached hydrogen (secondary N) is 1. The Labute approximate surface area is 105 Å². The summed E-state index contributed by atoms with van der Waals surface area (Å²) < 4.78 is 5.34. The average Bonchev–Trinajstić information content (AvgIpc) is 2.69. The molecule has 1 fully saturated rings. The highest BCUT2D eigenvalue weighted by Crippen LogP contribution is 2.24. The van der Waals surface area contributed by atoms with E-state index in [9.17, 15) is 14.7 Å². The molecule has 5 heteroatoms. The molecule has 1 heterocycles. The minimum atomic E-state index is -1.24. The van der Waals surface area contributed by atoms with E-state index in [0.717, 1.165) is 0 Å². The number of rotatable bonds is 4. The fourth-order valence-corrected chi connectivity index (χ4v) is 1.89. The predicted octanol–water partition coefficient (Wildman–Crippen LogP) is 0.891. The van der Waals surface area contributed by atoms with Crippen LogP contribution in [0.4, 0.5) is 0 Å². The molecule has 1 saturated carbocycles. The first-order valence-electron chi connectivity index (χ1n) is 5.97. The number of hydrogen-bond acceptors (Lipinski definition) is 4. The van der Waals surface area contributed by atoms with Gasteiger partial charge in [0, 0.05) is 12.8 Å². The SMILES string of the molecule is Cc1ccc(C(C)(O)CNC(=O)C2CC(=O)C2)o1. The Hall–Kier alpha value is -1.62. The van der Waals surface area contributed by atoms with Crippen molar-refractivity contribution in [3.05, 3.63) is 23.7 Å². The van der Waals surface area contributed by atoms with Crippen LogP contribution in [0.1, 0.15) is 31.3 Å². The number of hydrogen-bond donors (Lipinski definition) is 2. The van der Waals surface area contributed by atoms with Gasteiger partial charge in [0.1, 0.15) is 22.9 Å². The number of carbonyl (C=O) groups is 2. The van der Waals surface area contributed by atoms with Crippen LogP contribution in [-0.4, -0.2) is 23.3 Å². The van der Waals surface area contributed by atoms with E-state index in [2.05, 4.69) is 5.32 Å². The van der Waals surface area contributed by atoms with Crippen molar-refractivity contribution in [3.8, 4) is 0 Å². The van der Waals surface area contributed by atoms with Gasteiger partial charge in [0.15, 0.2) is 0 Å². The number of Topliss-reactive ketones (excluding diaryl/α,β-unsaturated/α-hetero) is 1. The summed E-state index contributed by atoms with van der Waals surface area (Å²) >= 11 is 0. The van der Waals surface area contributed by atoms with E-state index in [0.29, 0.717) is 24.4 Å². The molecule has 1 amide bonds. The smallest absolute Gasteiger partial charge is 0.224 e. The maximum atomic E-state index is 11.6. The monoisotopic (exact) mass is 251 g/mol. The normalized spacial score (nSPS) is 19.2. The summed E-state index contributed by atoms with van der Waals surface area (Å²) in [6.07, 6.45) is 0.627. The van der Waals surface area contributed by atoms with Crippen LogP contribution in [0.2, 0.25) is 0 Å². The second-order valence-corrected chi connectivity index (χ2v) is 5.05. The average molecular weight is 251 g/mol. The molecule has 1 aliphatic rings. The predicted molar refractivity (Wildman–Crippen MR) is 63.8 cm³/mol. The van der Waals surface area contributed by atoms with Crippen LogP contribution in [0.25, 0.3) is 0 Å². The topological polar surface area (TPSA) is 79.5 Å².